The van der Waals surface area contributed by atoms with Gasteiger partial charge in [0.1, 0.15) is 0 Å². The van der Waals surface area contributed by atoms with Gasteiger partial charge in [0.25, 0.3) is 0 Å². The highest BCUT2D eigenvalue weighted by Gasteiger charge is 2.36. The molecule has 2 N–H and O–H groups in total. The molecule has 1 saturated carbocycles. The van der Waals surface area contributed by atoms with E-state index in [1.165, 1.54) is 0 Å². The van der Waals surface area contributed by atoms with Gasteiger partial charge in [0.05, 0.1) is 24.5 Å². The summed E-state index contributed by atoms with van der Waals surface area (Å²) in [5.41, 5.74) is 0. The first-order valence-corrected chi connectivity index (χ1v) is 5.80. The third-order valence-corrected chi connectivity index (χ3v) is 3.33. The Hall–Kier alpha value is -1.10. The van der Waals surface area contributed by atoms with E-state index in [0.29, 0.717) is 26.0 Å². The molecule has 1 aliphatic heterocycles. The Kier molecular flexibility index (Phi) is 3.43. The molecular formula is C11H17NO4. The molecule has 5 heteroatoms. The van der Waals surface area contributed by atoms with E-state index in [1.54, 1.807) is 0 Å². The van der Waals surface area contributed by atoms with Gasteiger partial charge >= 0.3 is 5.97 Å². The fraction of sp³-hybridized carbons (Fsp3) is 0.818. The summed E-state index contributed by atoms with van der Waals surface area (Å²) in [5, 5.41) is 11.8. The van der Waals surface area contributed by atoms with Crippen LogP contribution in [0.4, 0.5) is 0 Å². The lowest BCUT2D eigenvalue weighted by atomic mass is 9.79. The summed E-state index contributed by atoms with van der Waals surface area (Å²) in [6.45, 7) is 1.22. The number of hydrogen-bond acceptors (Lipinski definition) is 3. The van der Waals surface area contributed by atoms with E-state index in [2.05, 4.69) is 5.32 Å². The standard InChI is InChI=1S/C11H17NO4/c13-10(12-5-7-6-16-7)8-3-1-2-4-9(8)11(14)15/h7-9H,1-6H2,(H,12,13)(H,14,15)/t7-,8-,9-/m1/s1. The molecule has 0 bridgehead atoms. The summed E-state index contributed by atoms with van der Waals surface area (Å²) < 4.78 is 4.99. The number of amides is 1. The zero-order valence-corrected chi connectivity index (χ0v) is 9.15. The molecule has 2 rings (SSSR count). The van der Waals surface area contributed by atoms with Gasteiger partial charge in [-0.25, -0.2) is 0 Å². The molecule has 0 aromatic heterocycles. The summed E-state index contributed by atoms with van der Waals surface area (Å²) in [5.74, 6) is -1.83. The fourth-order valence-electron chi connectivity index (χ4n) is 2.27. The largest absolute Gasteiger partial charge is 0.481 e. The first-order valence-electron chi connectivity index (χ1n) is 5.80. The van der Waals surface area contributed by atoms with Gasteiger partial charge in [-0.3, -0.25) is 9.59 Å². The smallest absolute Gasteiger partial charge is 0.307 e. The third kappa shape index (κ3) is 2.72. The molecule has 1 saturated heterocycles. The van der Waals surface area contributed by atoms with Crippen molar-refractivity contribution in [2.75, 3.05) is 13.2 Å². The molecule has 90 valence electrons. The van der Waals surface area contributed by atoms with Crippen LogP contribution in [0.25, 0.3) is 0 Å². The Balaban J connectivity index is 1.87. The van der Waals surface area contributed by atoms with Crippen molar-refractivity contribution < 1.29 is 19.4 Å². The minimum Gasteiger partial charge on any atom is -0.481 e. The topological polar surface area (TPSA) is 78.9 Å². The lowest BCUT2D eigenvalue weighted by Crippen LogP contribution is -2.40. The van der Waals surface area contributed by atoms with Crippen molar-refractivity contribution in [3.63, 3.8) is 0 Å². The summed E-state index contributed by atoms with van der Waals surface area (Å²) in [6.07, 6.45) is 3.31. The quantitative estimate of drug-likeness (QED) is 0.681. The van der Waals surface area contributed by atoms with E-state index < -0.39 is 11.9 Å². The molecule has 1 amide bonds. The van der Waals surface area contributed by atoms with Crippen LogP contribution in [0.2, 0.25) is 0 Å². The molecule has 3 atom stereocenters. The Labute approximate surface area is 94.2 Å². The first kappa shape index (κ1) is 11.4. The van der Waals surface area contributed by atoms with Crippen molar-refractivity contribution in [3.05, 3.63) is 0 Å². The number of carboxylic acid groups (broad SMARTS) is 1. The molecular weight excluding hydrogens is 210 g/mol. The van der Waals surface area contributed by atoms with Crippen molar-refractivity contribution >= 4 is 11.9 Å². The summed E-state index contributed by atoms with van der Waals surface area (Å²) in [6, 6.07) is 0. The number of rotatable bonds is 4. The van der Waals surface area contributed by atoms with Crippen LogP contribution < -0.4 is 5.32 Å². The van der Waals surface area contributed by atoms with Crippen molar-refractivity contribution in [1.29, 1.82) is 0 Å². The van der Waals surface area contributed by atoms with Crippen LogP contribution in [0.5, 0.6) is 0 Å². The number of carbonyl (C=O) groups excluding carboxylic acids is 1. The van der Waals surface area contributed by atoms with Gasteiger partial charge in [-0.2, -0.15) is 0 Å². The van der Waals surface area contributed by atoms with Crippen LogP contribution >= 0.6 is 0 Å². The van der Waals surface area contributed by atoms with E-state index in [1.807, 2.05) is 0 Å². The number of carboxylic acids is 1. The molecule has 0 spiro atoms. The molecule has 1 aliphatic carbocycles. The monoisotopic (exact) mass is 227 g/mol. The summed E-state index contributed by atoms with van der Waals surface area (Å²) >= 11 is 0. The van der Waals surface area contributed by atoms with Crippen LogP contribution in [0.1, 0.15) is 25.7 Å². The third-order valence-electron chi connectivity index (χ3n) is 3.33. The minimum absolute atomic E-state index is 0.123. The first-order chi connectivity index (χ1) is 7.68. The SMILES string of the molecule is O=C(O)[C@@H]1CCCC[C@H]1C(=O)NC[C@@H]1CO1. The second-order valence-corrected chi connectivity index (χ2v) is 4.54. The van der Waals surface area contributed by atoms with Gasteiger partial charge in [0.2, 0.25) is 5.91 Å². The summed E-state index contributed by atoms with van der Waals surface area (Å²) in [4.78, 5) is 22.8. The Morgan fingerprint density at radius 2 is 1.88 bits per heavy atom. The number of carbonyl (C=O) groups is 2. The fourth-order valence-corrected chi connectivity index (χ4v) is 2.27. The van der Waals surface area contributed by atoms with Gasteiger partial charge in [-0.15, -0.1) is 0 Å². The van der Waals surface area contributed by atoms with Crippen molar-refractivity contribution in [2.24, 2.45) is 11.8 Å². The van der Waals surface area contributed by atoms with Crippen LogP contribution in [0.3, 0.4) is 0 Å². The maximum Gasteiger partial charge on any atom is 0.307 e. The molecule has 5 nitrogen and oxygen atoms in total. The summed E-state index contributed by atoms with van der Waals surface area (Å²) in [7, 11) is 0. The van der Waals surface area contributed by atoms with Crippen LogP contribution in [-0.4, -0.2) is 36.2 Å². The van der Waals surface area contributed by atoms with Crippen LogP contribution in [-0.2, 0) is 14.3 Å². The normalized spacial score (nSPS) is 33.1. The van der Waals surface area contributed by atoms with E-state index in [4.69, 9.17) is 9.84 Å². The van der Waals surface area contributed by atoms with Crippen LogP contribution in [0.15, 0.2) is 0 Å². The molecule has 2 fully saturated rings. The molecule has 0 aromatic rings. The predicted molar refractivity (Wildman–Crippen MR) is 55.8 cm³/mol. The van der Waals surface area contributed by atoms with Crippen molar-refractivity contribution in [1.82, 2.24) is 5.32 Å². The molecule has 2 aliphatic rings. The van der Waals surface area contributed by atoms with E-state index in [9.17, 15) is 9.59 Å². The molecule has 0 aromatic carbocycles. The maximum absolute atomic E-state index is 11.8. The average molecular weight is 227 g/mol. The zero-order valence-electron chi connectivity index (χ0n) is 9.15. The van der Waals surface area contributed by atoms with Gasteiger partial charge in [0.15, 0.2) is 0 Å². The minimum atomic E-state index is -0.845. The number of epoxide rings is 1. The number of aliphatic carboxylic acids is 1. The Morgan fingerprint density at radius 1 is 1.25 bits per heavy atom. The second kappa shape index (κ2) is 4.82. The molecule has 0 radical (unpaired) electrons. The van der Waals surface area contributed by atoms with Gasteiger partial charge < -0.3 is 15.2 Å². The maximum atomic E-state index is 11.8. The predicted octanol–water partition coefficient (Wildman–Crippen LogP) is 0.392. The van der Waals surface area contributed by atoms with E-state index >= 15 is 0 Å². The average Bonchev–Trinajstić information content (AvgIpc) is 3.09. The number of ether oxygens (including phenoxy) is 1. The van der Waals surface area contributed by atoms with Gasteiger partial charge in [-0.05, 0) is 12.8 Å². The Bertz CT molecular complexity index is 288. The van der Waals surface area contributed by atoms with E-state index in [-0.39, 0.29) is 17.9 Å². The zero-order chi connectivity index (χ0) is 11.5. The second-order valence-electron chi connectivity index (χ2n) is 4.54. The van der Waals surface area contributed by atoms with Crippen LogP contribution in [0, 0.1) is 11.8 Å². The lowest BCUT2D eigenvalue weighted by molar-refractivity contribution is -0.148. The highest BCUT2D eigenvalue weighted by Crippen LogP contribution is 2.30. The van der Waals surface area contributed by atoms with E-state index in [0.717, 1.165) is 12.8 Å². The molecule has 0 unspecified atom stereocenters. The number of nitrogens with one attached hydrogen (secondary N) is 1. The lowest BCUT2D eigenvalue weighted by Gasteiger charge is -2.27. The van der Waals surface area contributed by atoms with Crippen molar-refractivity contribution in [3.8, 4) is 0 Å². The van der Waals surface area contributed by atoms with Gasteiger partial charge in [-0.1, -0.05) is 12.8 Å². The van der Waals surface area contributed by atoms with Crippen molar-refractivity contribution in [2.45, 2.75) is 31.8 Å². The Morgan fingerprint density at radius 3 is 2.44 bits per heavy atom. The molecule has 16 heavy (non-hydrogen) atoms. The van der Waals surface area contributed by atoms with Gasteiger partial charge in [0, 0.05) is 6.54 Å². The molecule has 1 heterocycles. The highest BCUT2D eigenvalue weighted by atomic mass is 16.6. The highest BCUT2D eigenvalue weighted by molar-refractivity contribution is 5.84. The number of hydrogen-bond donors (Lipinski definition) is 2.